The Labute approximate surface area is 116 Å². The van der Waals surface area contributed by atoms with Crippen molar-refractivity contribution < 1.29 is 25.8 Å². The molecule has 0 unspecified atom stereocenters. The van der Waals surface area contributed by atoms with Crippen molar-refractivity contribution >= 4 is 12.2 Å². The summed E-state index contributed by atoms with van der Waals surface area (Å²) in [5.41, 5.74) is 7.07. The first kappa shape index (κ1) is 12.0. The number of hydrogen-bond acceptors (Lipinski definition) is 0. The molecule has 0 N–H and O–H groups in total. The summed E-state index contributed by atoms with van der Waals surface area (Å²) in [7, 11) is 0. The predicted molar refractivity (Wildman–Crippen MR) is 63.9 cm³/mol. The molecule has 3 rings (SSSR count). The van der Waals surface area contributed by atoms with Gasteiger partial charge in [-0.3, -0.25) is 0 Å². The summed E-state index contributed by atoms with van der Waals surface area (Å²) in [6, 6.07) is 0. The minimum atomic E-state index is 0. The normalized spacial score (nSPS) is 15.6. The van der Waals surface area contributed by atoms with Gasteiger partial charge in [0.25, 0.3) is 0 Å². The Hall–Kier alpha value is -0.430. The fourth-order valence-electron chi connectivity index (χ4n) is 2.87. The molecule has 0 atom stereocenters. The average Bonchev–Trinajstić information content (AvgIpc) is 2.79. The molecule has 1 aromatic rings. The molecule has 0 heterocycles. The van der Waals surface area contributed by atoms with E-state index in [1.54, 1.807) is 5.56 Å². The summed E-state index contributed by atoms with van der Waals surface area (Å²) in [6.45, 7) is 6.62. The number of fused-ring (bicyclic) bond motifs is 2. The molecule has 0 nitrogen and oxygen atoms in total. The van der Waals surface area contributed by atoms with Crippen LogP contribution >= 0.6 is 0 Å². The summed E-state index contributed by atoms with van der Waals surface area (Å²) in [6.07, 6.45) is 10.6. The van der Waals surface area contributed by atoms with Gasteiger partial charge >= 0.3 is 0 Å². The first-order chi connectivity index (χ1) is 7.18. The Bertz CT molecular complexity index is 604. The van der Waals surface area contributed by atoms with E-state index in [0.717, 1.165) is 0 Å². The Morgan fingerprint density at radius 1 is 1.06 bits per heavy atom. The SMILES string of the molecule is CC1=[C-]c2c(C)c3c(c(C)c2=C1)CCC=3.[Hf]. The largest absolute Gasteiger partial charge is 0.165 e. The monoisotopic (exact) mass is 375 g/mol. The molecule has 0 fully saturated rings. The van der Waals surface area contributed by atoms with Crippen molar-refractivity contribution in [1.82, 2.24) is 0 Å². The topological polar surface area (TPSA) is 0 Å². The predicted octanol–water partition coefficient (Wildman–Crippen LogP) is 1.92. The van der Waals surface area contributed by atoms with Crippen LogP contribution in [0.5, 0.6) is 0 Å². The second kappa shape index (κ2) is 4.10. The van der Waals surface area contributed by atoms with Gasteiger partial charge in [-0.1, -0.05) is 36.3 Å². The van der Waals surface area contributed by atoms with Crippen molar-refractivity contribution in [1.29, 1.82) is 0 Å². The third-order valence-corrected chi connectivity index (χ3v) is 3.66. The molecule has 1 aromatic carbocycles. The molecule has 0 saturated carbocycles. The molecule has 2 aliphatic rings. The van der Waals surface area contributed by atoms with Gasteiger partial charge in [0, 0.05) is 25.8 Å². The van der Waals surface area contributed by atoms with Crippen molar-refractivity contribution in [3.05, 3.63) is 44.3 Å². The summed E-state index contributed by atoms with van der Waals surface area (Å²) in [4.78, 5) is 0. The van der Waals surface area contributed by atoms with E-state index in [0.29, 0.717) is 0 Å². The van der Waals surface area contributed by atoms with Crippen LogP contribution in [0.4, 0.5) is 0 Å². The quantitative estimate of drug-likeness (QED) is 0.481. The van der Waals surface area contributed by atoms with Gasteiger partial charge in [0.1, 0.15) is 0 Å². The molecule has 0 saturated heterocycles. The molecule has 0 radical (unpaired) electrons. The molecule has 2 aliphatic carbocycles. The van der Waals surface area contributed by atoms with Crippen LogP contribution in [0.15, 0.2) is 5.57 Å². The van der Waals surface area contributed by atoms with Crippen LogP contribution in [0.2, 0.25) is 0 Å². The van der Waals surface area contributed by atoms with Gasteiger partial charge in [0.2, 0.25) is 0 Å². The van der Waals surface area contributed by atoms with E-state index in [9.17, 15) is 0 Å². The van der Waals surface area contributed by atoms with Crippen LogP contribution in [0.25, 0.3) is 12.2 Å². The average molecular weight is 374 g/mol. The van der Waals surface area contributed by atoms with Gasteiger partial charge in [-0.05, 0) is 19.8 Å². The Balaban J connectivity index is 0.000000963. The molecule has 0 amide bonds. The smallest absolute Gasteiger partial charge is 0 e. The third kappa shape index (κ3) is 1.52. The van der Waals surface area contributed by atoms with Crippen molar-refractivity contribution in [2.45, 2.75) is 33.6 Å². The van der Waals surface area contributed by atoms with Crippen LogP contribution in [-0.2, 0) is 32.3 Å². The molecule has 0 aliphatic heterocycles. The number of benzene rings is 1. The molecule has 80 valence electrons. The van der Waals surface area contributed by atoms with Crippen molar-refractivity contribution in [2.24, 2.45) is 0 Å². The Morgan fingerprint density at radius 3 is 2.56 bits per heavy atom. The van der Waals surface area contributed by atoms with Crippen molar-refractivity contribution in [2.75, 3.05) is 0 Å². The van der Waals surface area contributed by atoms with E-state index in [1.807, 2.05) is 0 Å². The van der Waals surface area contributed by atoms with E-state index in [1.165, 1.54) is 45.5 Å². The third-order valence-electron chi connectivity index (χ3n) is 3.66. The van der Waals surface area contributed by atoms with Gasteiger partial charge in [0.15, 0.2) is 0 Å². The van der Waals surface area contributed by atoms with Crippen LogP contribution in [0.1, 0.15) is 35.6 Å². The van der Waals surface area contributed by atoms with Crippen molar-refractivity contribution in [3.8, 4) is 0 Å². The van der Waals surface area contributed by atoms with Crippen LogP contribution in [0.3, 0.4) is 0 Å². The maximum Gasteiger partial charge on any atom is 0 e. The first-order valence-electron chi connectivity index (χ1n) is 5.63. The van der Waals surface area contributed by atoms with Crippen LogP contribution in [-0.4, -0.2) is 0 Å². The fraction of sp³-hybridized carbons (Fsp3) is 0.333. The zero-order chi connectivity index (χ0) is 10.6. The van der Waals surface area contributed by atoms with Gasteiger partial charge in [-0.25, -0.2) is 0 Å². The summed E-state index contributed by atoms with van der Waals surface area (Å²) in [5.74, 6) is 0. The zero-order valence-electron chi connectivity index (χ0n) is 10.1. The van der Waals surface area contributed by atoms with E-state index >= 15 is 0 Å². The fourth-order valence-corrected chi connectivity index (χ4v) is 2.87. The standard InChI is InChI=1S/C15H15.Hf/c1-9-7-14-10(2)12-5-4-6-13(12)11(3)15(14)8-9;/h5,8H,4,6H2,1-3H3;/q-1;. The summed E-state index contributed by atoms with van der Waals surface area (Å²) >= 11 is 0. The molecule has 16 heavy (non-hydrogen) atoms. The minimum Gasteiger partial charge on any atom is -0.165 e. The van der Waals surface area contributed by atoms with E-state index in [2.05, 4.69) is 39.0 Å². The number of rotatable bonds is 0. The Kier molecular flexibility index (Phi) is 3.09. The first-order valence-corrected chi connectivity index (χ1v) is 5.63. The summed E-state index contributed by atoms with van der Waals surface area (Å²) in [5, 5.41) is 2.90. The van der Waals surface area contributed by atoms with E-state index < -0.39 is 0 Å². The number of allylic oxidation sites excluding steroid dienone is 1. The van der Waals surface area contributed by atoms with E-state index in [4.69, 9.17) is 0 Å². The van der Waals surface area contributed by atoms with Gasteiger partial charge in [0.05, 0.1) is 0 Å². The van der Waals surface area contributed by atoms with Gasteiger partial charge < -0.3 is 0 Å². The van der Waals surface area contributed by atoms with Crippen molar-refractivity contribution in [3.63, 3.8) is 0 Å². The molecule has 0 spiro atoms. The minimum absolute atomic E-state index is 0. The Morgan fingerprint density at radius 2 is 1.81 bits per heavy atom. The maximum absolute atomic E-state index is 3.48. The van der Waals surface area contributed by atoms with Gasteiger partial charge in [-0.2, -0.15) is 6.08 Å². The van der Waals surface area contributed by atoms with Crippen LogP contribution in [0, 0.1) is 19.9 Å². The maximum atomic E-state index is 3.48. The summed E-state index contributed by atoms with van der Waals surface area (Å²) < 4.78 is 0. The van der Waals surface area contributed by atoms with Gasteiger partial charge in [-0.15, -0.1) is 28.0 Å². The molecule has 1 heteroatoms. The molecular weight excluding hydrogens is 359 g/mol. The molecule has 0 aromatic heterocycles. The second-order valence-electron chi connectivity index (χ2n) is 4.63. The second-order valence-corrected chi connectivity index (χ2v) is 4.63. The van der Waals surface area contributed by atoms with E-state index in [-0.39, 0.29) is 25.8 Å². The van der Waals surface area contributed by atoms with Crippen LogP contribution < -0.4 is 10.4 Å². The number of hydrogen-bond donors (Lipinski definition) is 0. The molecular formula is C15H15Hf-. The zero-order valence-corrected chi connectivity index (χ0v) is 13.7. The molecule has 0 bridgehead atoms.